The van der Waals surface area contributed by atoms with Crippen LogP contribution in [0.3, 0.4) is 0 Å². The van der Waals surface area contributed by atoms with E-state index in [2.05, 4.69) is 191 Å². The number of hydrogen-bond donors (Lipinski definition) is 0. The summed E-state index contributed by atoms with van der Waals surface area (Å²) in [6, 6.07) is 66.7. The minimum atomic E-state index is 1.16. The Morgan fingerprint density at radius 1 is 0.260 bits per heavy atom. The zero-order valence-electron chi connectivity index (χ0n) is 27.2. The SMILES string of the molecule is c1ccc(-c2cccc(-n3c4ccccc4c4c5c6ccccc6n(-c6ccc7c(ccc8c9ccccc9ccc78)c6)c5ccc43)c2)cc1. The number of para-hydroxylation sites is 2. The molecule has 0 radical (unpaired) electrons. The van der Waals surface area contributed by atoms with Gasteiger partial charge in [-0.15, -0.1) is 0 Å². The molecule has 2 heteroatoms. The van der Waals surface area contributed by atoms with Gasteiger partial charge in [0.05, 0.1) is 22.1 Å². The quantitative estimate of drug-likeness (QED) is 0.171. The molecular formula is C48H30N2. The maximum Gasteiger partial charge on any atom is 0.0548 e. The van der Waals surface area contributed by atoms with Crippen molar-refractivity contribution in [1.29, 1.82) is 0 Å². The number of aromatic nitrogens is 2. The van der Waals surface area contributed by atoms with Gasteiger partial charge in [0.25, 0.3) is 0 Å². The fourth-order valence-corrected chi connectivity index (χ4v) is 8.49. The topological polar surface area (TPSA) is 9.86 Å². The van der Waals surface area contributed by atoms with Gasteiger partial charge in [0.2, 0.25) is 0 Å². The van der Waals surface area contributed by atoms with Gasteiger partial charge in [-0.25, -0.2) is 0 Å². The van der Waals surface area contributed by atoms with Crippen molar-refractivity contribution >= 4 is 75.9 Å². The van der Waals surface area contributed by atoms with Crippen LogP contribution in [0.4, 0.5) is 0 Å². The van der Waals surface area contributed by atoms with Crippen LogP contribution in [0.1, 0.15) is 0 Å². The smallest absolute Gasteiger partial charge is 0.0548 e. The van der Waals surface area contributed by atoms with E-state index in [1.54, 1.807) is 0 Å². The van der Waals surface area contributed by atoms with Crippen molar-refractivity contribution in [3.8, 4) is 22.5 Å². The van der Waals surface area contributed by atoms with E-state index in [1.165, 1.54) is 92.7 Å². The summed E-state index contributed by atoms with van der Waals surface area (Å²) in [5, 5.41) is 12.8. The van der Waals surface area contributed by atoms with Crippen molar-refractivity contribution in [3.05, 3.63) is 182 Å². The minimum Gasteiger partial charge on any atom is -0.309 e. The second kappa shape index (κ2) is 10.4. The molecule has 0 atom stereocenters. The van der Waals surface area contributed by atoms with Crippen LogP contribution in [0.15, 0.2) is 182 Å². The lowest BCUT2D eigenvalue weighted by molar-refractivity contribution is 1.17. The van der Waals surface area contributed by atoms with Crippen LogP contribution >= 0.6 is 0 Å². The summed E-state index contributed by atoms with van der Waals surface area (Å²) < 4.78 is 4.89. The molecule has 0 N–H and O–H groups in total. The van der Waals surface area contributed by atoms with E-state index in [1.807, 2.05) is 0 Å². The standard InChI is InChI=1S/C48H30N2/c1-2-11-31(12-3-1)33-14-10-15-35(29-33)49-43-19-8-6-17-41(43)47-45(49)27-28-46-48(47)42-18-7-9-20-44(42)50(46)36-23-26-38-34(30-36)22-25-39-37-16-5-4-13-32(37)21-24-40(38)39/h1-30H. The van der Waals surface area contributed by atoms with Gasteiger partial charge in [0, 0.05) is 32.9 Å². The maximum absolute atomic E-state index is 2.45. The van der Waals surface area contributed by atoms with Crippen LogP contribution < -0.4 is 0 Å². The molecule has 0 saturated heterocycles. The highest BCUT2D eigenvalue weighted by molar-refractivity contribution is 6.29. The van der Waals surface area contributed by atoms with Gasteiger partial charge in [0.15, 0.2) is 0 Å². The van der Waals surface area contributed by atoms with E-state index in [0.717, 1.165) is 5.69 Å². The molecule has 232 valence electrons. The molecular weight excluding hydrogens is 605 g/mol. The maximum atomic E-state index is 2.45. The molecule has 0 aliphatic carbocycles. The minimum absolute atomic E-state index is 1.16. The monoisotopic (exact) mass is 634 g/mol. The van der Waals surface area contributed by atoms with Crippen molar-refractivity contribution < 1.29 is 0 Å². The van der Waals surface area contributed by atoms with Crippen molar-refractivity contribution in [1.82, 2.24) is 9.13 Å². The van der Waals surface area contributed by atoms with Crippen LogP contribution in [0.25, 0.3) is 98.4 Å². The molecule has 0 amide bonds. The van der Waals surface area contributed by atoms with E-state index in [-0.39, 0.29) is 0 Å². The summed E-state index contributed by atoms with van der Waals surface area (Å²) in [5.41, 5.74) is 9.61. The van der Waals surface area contributed by atoms with Crippen LogP contribution in [0.5, 0.6) is 0 Å². The first-order valence-electron chi connectivity index (χ1n) is 17.3. The fraction of sp³-hybridized carbons (Fsp3) is 0. The third kappa shape index (κ3) is 3.85. The lowest BCUT2D eigenvalue weighted by atomic mass is 9.97. The molecule has 2 nitrogen and oxygen atoms in total. The Morgan fingerprint density at radius 2 is 0.780 bits per heavy atom. The molecule has 0 unspecified atom stereocenters. The van der Waals surface area contributed by atoms with Crippen LogP contribution in [-0.4, -0.2) is 9.13 Å². The summed E-state index contributed by atoms with van der Waals surface area (Å²) in [4.78, 5) is 0. The number of benzene rings is 9. The van der Waals surface area contributed by atoms with Crippen molar-refractivity contribution in [2.75, 3.05) is 0 Å². The number of rotatable bonds is 3. The van der Waals surface area contributed by atoms with Gasteiger partial charge in [-0.3, -0.25) is 0 Å². The van der Waals surface area contributed by atoms with Crippen LogP contribution in [0, 0.1) is 0 Å². The first-order valence-corrected chi connectivity index (χ1v) is 17.3. The zero-order chi connectivity index (χ0) is 32.8. The Hall–Kier alpha value is -6.64. The second-order valence-corrected chi connectivity index (χ2v) is 13.3. The number of hydrogen-bond acceptors (Lipinski definition) is 0. The normalized spacial score (nSPS) is 12.0. The summed E-state index contributed by atoms with van der Waals surface area (Å²) in [5.74, 6) is 0. The average Bonchev–Trinajstić information content (AvgIpc) is 3.71. The molecule has 0 fully saturated rings. The summed E-state index contributed by atoms with van der Waals surface area (Å²) in [6.45, 7) is 0. The van der Waals surface area contributed by atoms with E-state index >= 15 is 0 Å². The van der Waals surface area contributed by atoms with Gasteiger partial charge < -0.3 is 9.13 Å². The second-order valence-electron chi connectivity index (χ2n) is 13.3. The molecule has 0 spiro atoms. The van der Waals surface area contributed by atoms with Crippen molar-refractivity contribution in [2.24, 2.45) is 0 Å². The largest absolute Gasteiger partial charge is 0.309 e. The molecule has 0 aliphatic heterocycles. The highest BCUT2D eigenvalue weighted by atomic mass is 15.0. The molecule has 11 aromatic rings. The Kier molecular flexibility index (Phi) is 5.70. The van der Waals surface area contributed by atoms with Crippen molar-refractivity contribution in [3.63, 3.8) is 0 Å². The van der Waals surface area contributed by atoms with E-state index in [4.69, 9.17) is 0 Å². The first-order chi connectivity index (χ1) is 24.8. The molecule has 0 saturated carbocycles. The lowest BCUT2D eigenvalue weighted by Gasteiger charge is -2.12. The van der Waals surface area contributed by atoms with Gasteiger partial charge in [-0.2, -0.15) is 0 Å². The highest BCUT2D eigenvalue weighted by Crippen LogP contribution is 2.43. The molecule has 2 heterocycles. The van der Waals surface area contributed by atoms with Gasteiger partial charge in [0.1, 0.15) is 0 Å². The Labute approximate surface area is 288 Å². The average molecular weight is 635 g/mol. The fourth-order valence-electron chi connectivity index (χ4n) is 8.49. The Bertz CT molecular complexity index is 3140. The molecule has 9 aromatic carbocycles. The van der Waals surface area contributed by atoms with Gasteiger partial charge in [-0.05, 0) is 92.0 Å². The first kappa shape index (κ1) is 27.3. The highest BCUT2D eigenvalue weighted by Gasteiger charge is 2.20. The summed E-state index contributed by atoms with van der Waals surface area (Å²) >= 11 is 0. The van der Waals surface area contributed by atoms with Gasteiger partial charge >= 0.3 is 0 Å². The van der Waals surface area contributed by atoms with Gasteiger partial charge in [-0.1, -0.05) is 133 Å². The van der Waals surface area contributed by atoms with Crippen LogP contribution in [-0.2, 0) is 0 Å². The number of fused-ring (bicyclic) bond motifs is 12. The van der Waals surface area contributed by atoms with Crippen molar-refractivity contribution in [2.45, 2.75) is 0 Å². The summed E-state index contributed by atoms with van der Waals surface area (Å²) in [6.07, 6.45) is 0. The van der Waals surface area contributed by atoms with E-state index in [0.29, 0.717) is 0 Å². The lowest BCUT2D eigenvalue weighted by Crippen LogP contribution is -1.95. The van der Waals surface area contributed by atoms with Crippen LogP contribution in [0.2, 0.25) is 0 Å². The van der Waals surface area contributed by atoms with E-state index in [9.17, 15) is 0 Å². The summed E-state index contributed by atoms with van der Waals surface area (Å²) in [7, 11) is 0. The molecule has 0 aliphatic rings. The Balaban J connectivity index is 1.18. The third-order valence-electron chi connectivity index (χ3n) is 10.7. The Morgan fingerprint density at radius 3 is 1.48 bits per heavy atom. The number of nitrogens with zero attached hydrogens (tertiary/aromatic N) is 2. The van der Waals surface area contributed by atoms with E-state index < -0.39 is 0 Å². The molecule has 0 bridgehead atoms. The zero-order valence-corrected chi connectivity index (χ0v) is 27.2. The predicted octanol–water partition coefficient (Wildman–Crippen LogP) is 13.0. The molecule has 50 heavy (non-hydrogen) atoms. The predicted molar refractivity (Wildman–Crippen MR) is 213 cm³/mol. The molecule has 11 rings (SSSR count). The third-order valence-corrected chi connectivity index (χ3v) is 10.7. The molecule has 2 aromatic heterocycles.